The number of amides is 1. The minimum absolute atomic E-state index is 0. The second kappa shape index (κ2) is 9.72. The molecule has 3 N–H and O–H groups in total. The van der Waals surface area contributed by atoms with Crippen LogP contribution in [0.2, 0.25) is 5.02 Å². The van der Waals surface area contributed by atoms with Gasteiger partial charge in [-0.3, -0.25) is 4.79 Å². The molecule has 22 heavy (non-hydrogen) atoms. The maximum atomic E-state index is 11.7. The molecular formula is C13H19BrCl2N2O3S. The van der Waals surface area contributed by atoms with E-state index in [0.717, 1.165) is 16.3 Å². The summed E-state index contributed by atoms with van der Waals surface area (Å²) in [5.41, 5.74) is 6.63. The highest BCUT2D eigenvalue weighted by Gasteiger charge is 2.15. The van der Waals surface area contributed by atoms with Crippen LogP contribution in [-0.2, 0) is 21.1 Å². The quantitative estimate of drug-likeness (QED) is 0.687. The molecule has 0 aliphatic carbocycles. The zero-order chi connectivity index (χ0) is 16.0. The summed E-state index contributed by atoms with van der Waals surface area (Å²) in [6.45, 7) is 0.407. The van der Waals surface area contributed by atoms with Crippen molar-refractivity contribution in [2.45, 2.75) is 18.9 Å². The van der Waals surface area contributed by atoms with Gasteiger partial charge in [-0.15, -0.1) is 12.4 Å². The number of hydrogen-bond donors (Lipinski definition) is 2. The summed E-state index contributed by atoms with van der Waals surface area (Å²) in [7, 11) is -3.11. The molecule has 0 spiro atoms. The molecule has 0 aromatic heterocycles. The standard InChI is InChI=1S/C13H18BrClN2O3S.ClH/c1-21(19,20)7-5-12(16)13(18)17-6-4-9-8-10(15)2-3-11(9)14;/h2-3,8,12H,4-7,16H2,1H3,(H,17,18);1H. The molecule has 0 saturated carbocycles. The van der Waals surface area contributed by atoms with E-state index in [1.165, 1.54) is 0 Å². The zero-order valence-electron chi connectivity index (χ0n) is 12.0. The SMILES string of the molecule is CS(=O)(=O)CCC(N)C(=O)NCCc1cc(Cl)ccc1Br.Cl. The Morgan fingerprint density at radius 3 is 2.68 bits per heavy atom. The summed E-state index contributed by atoms with van der Waals surface area (Å²) in [6, 6.07) is 4.62. The first-order valence-electron chi connectivity index (χ1n) is 6.34. The Kier molecular flexibility index (Phi) is 9.57. The Morgan fingerprint density at radius 2 is 2.09 bits per heavy atom. The van der Waals surface area contributed by atoms with Crippen LogP contribution in [0.4, 0.5) is 0 Å². The molecule has 1 amide bonds. The molecule has 1 rings (SSSR count). The first-order chi connectivity index (χ1) is 9.69. The summed E-state index contributed by atoms with van der Waals surface area (Å²) >= 11 is 9.32. The highest BCUT2D eigenvalue weighted by atomic mass is 79.9. The van der Waals surface area contributed by atoms with E-state index in [2.05, 4.69) is 21.2 Å². The molecule has 1 aromatic carbocycles. The fourth-order valence-corrected chi connectivity index (χ4v) is 2.98. The van der Waals surface area contributed by atoms with E-state index in [4.69, 9.17) is 17.3 Å². The Bertz CT molecular complexity index is 611. The zero-order valence-corrected chi connectivity index (χ0v) is 16.0. The average molecular weight is 434 g/mol. The lowest BCUT2D eigenvalue weighted by molar-refractivity contribution is -0.122. The normalized spacial score (nSPS) is 12.4. The van der Waals surface area contributed by atoms with Gasteiger partial charge in [0.2, 0.25) is 5.91 Å². The first-order valence-corrected chi connectivity index (χ1v) is 9.57. The van der Waals surface area contributed by atoms with Crippen molar-refractivity contribution in [1.29, 1.82) is 0 Å². The molecule has 126 valence electrons. The Hall–Kier alpha value is -0.340. The van der Waals surface area contributed by atoms with Gasteiger partial charge in [-0.2, -0.15) is 0 Å². The Morgan fingerprint density at radius 1 is 1.45 bits per heavy atom. The van der Waals surface area contributed by atoms with Crippen molar-refractivity contribution in [3.05, 3.63) is 33.3 Å². The van der Waals surface area contributed by atoms with Crippen molar-refractivity contribution in [2.24, 2.45) is 5.73 Å². The smallest absolute Gasteiger partial charge is 0.236 e. The maximum absolute atomic E-state index is 11.7. The van der Waals surface area contributed by atoms with Crippen LogP contribution in [0.5, 0.6) is 0 Å². The van der Waals surface area contributed by atoms with Crippen molar-refractivity contribution in [3.8, 4) is 0 Å². The number of hydrogen-bond acceptors (Lipinski definition) is 4. The number of sulfone groups is 1. The molecule has 0 fully saturated rings. The lowest BCUT2D eigenvalue weighted by Gasteiger charge is -2.12. The van der Waals surface area contributed by atoms with Crippen molar-refractivity contribution < 1.29 is 13.2 Å². The second-order valence-electron chi connectivity index (χ2n) is 4.80. The fourth-order valence-electron chi connectivity index (χ4n) is 1.66. The molecule has 1 unspecified atom stereocenters. The Labute approximate surface area is 150 Å². The predicted octanol–water partition coefficient (Wildman–Crippen LogP) is 1.95. The monoisotopic (exact) mass is 432 g/mol. The van der Waals surface area contributed by atoms with Crippen LogP contribution in [0.15, 0.2) is 22.7 Å². The third-order valence-electron chi connectivity index (χ3n) is 2.84. The number of rotatable bonds is 7. The van der Waals surface area contributed by atoms with Gasteiger partial charge in [-0.1, -0.05) is 27.5 Å². The summed E-state index contributed by atoms with van der Waals surface area (Å²) in [6.07, 6.45) is 1.84. The second-order valence-corrected chi connectivity index (χ2v) is 8.35. The molecule has 0 heterocycles. The lowest BCUT2D eigenvalue weighted by atomic mass is 10.1. The van der Waals surface area contributed by atoms with Crippen molar-refractivity contribution in [2.75, 3.05) is 18.6 Å². The van der Waals surface area contributed by atoms with Crippen LogP contribution in [-0.4, -0.2) is 38.9 Å². The van der Waals surface area contributed by atoms with Gasteiger partial charge in [-0.05, 0) is 36.6 Å². The van der Waals surface area contributed by atoms with E-state index in [9.17, 15) is 13.2 Å². The van der Waals surface area contributed by atoms with Gasteiger partial charge in [0.15, 0.2) is 0 Å². The van der Waals surface area contributed by atoms with Crippen LogP contribution in [0.1, 0.15) is 12.0 Å². The molecule has 0 bridgehead atoms. The maximum Gasteiger partial charge on any atom is 0.236 e. The van der Waals surface area contributed by atoms with Crippen LogP contribution < -0.4 is 11.1 Å². The van der Waals surface area contributed by atoms with Gasteiger partial charge in [-0.25, -0.2) is 8.42 Å². The van der Waals surface area contributed by atoms with Gasteiger partial charge in [0.25, 0.3) is 0 Å². The van der Waals surface area contributed by atoms with E-state index in [1.54, 1.807) is 6.07 Å². The molecule has 0 aliphatic heterocycles. The number of carbonyl (C=O) groups excluding carboxylic acids is 1. The molecule has 0 aliphatic rings. The molecular weight excluding hydrogens is 415 g/mol. The number of carbonyl (C=O) groups is 1. The summed E-state index contributed by atoms with van der Waals surface area (Å²) in [5.74, 6) is -0.446. The number of nitrogens with two attached hydrogens (primary N) is 1. The molecule has 0 saturated heterocycles. The number of benzene rings is 1. The molecule has 0 radical (unpaired) electrons. The topological polar surface area (TPSA) is 89.3 Å². The summed E-state index contributed by atoms with van der Waals surface area (Å²) in [4.78, 5) is 11.7. The van der Waals surface area contributed by atoms with Crippen molar-refractivity contribution in [3.63, 3.8) is 0 Å². The van der Waals surface area contributed by atoms with E-state index in [1.807, 2.05) is 12.1 Å². The molecule has 1 aromatic rings. The summed E-state index contributed by atoms with van der Waals surface area (Å²) < 4.78 is 23.0. The van der Waals surface area contributed by atoms with Gasteiger partial charge < -0.3 is 11.1 Å². The minimum Gasteiger partial charge on any atom is -0.354 e. The largest absolute Gasteiger partial charge is 0.354 e. The van der Waals surface area contributed by atoms with Crippen LogP contribution in [0.3, 0.4) is 0 Å². The number of nitrogens with one attached hydrogen (secondary N) is 1. The number of halogens is 3. The minimum atomic E-state index is -3.11. The third kappa shape index (κ3) is 8.33. The van der Waals surface area contributed by atoms with E-state index in [-0.39, 0.29) is 30.5 Å². The lowest BCUT2D eigenvalue weighted by Crippen LogP contribution is -2.42. The van der Waals surface area contributed by atoms with Gasteiger partial charge in [0.05, 0.1) is 11.8 Å². The van der Waals surface area contributed by atoms with E-state index in [0.29, 0.717) is 18.0 Å². The van der Waals surface area contributed by atoms with Crippen LogP contribution in [0, 0.1) is 0 Å². The highest BCUT2D eigenvalue weighted by Crippen LogP contribution is 2.21. The first kappa shape index (κ1) is 21.7. The van der Waals surface area contributed by atoms with Crippen LogP contribution >= 0.6 is 39.9 Å². The molecule has 1 atom stereocenters. The van der Waals surface area contributed by atoms with Crippen LogP contribution in [0.25, 0.3) is 0 Å². The van der Waals surface area contributed by atoms with Crippen molar-refractivity contribution in [1.82, 2.24) is 5.32 Å². The van der Waals surface area contributed by atoms with Gasteiger partial charge in [0.1, 0.15) is 9.84 Å². The Balaban J connectivity index is 0.00000441. The summed E-state index contributed by atoms with van der Waals surface area (Å²) in [5, 5.41) is 3.32. The average Bonchev–Trinajstić information content (AvgIpc) is 2.39. The predicted molar refractivity (Wildman–Crippen MR) is 95.4 cm³/mol. The van der Waals surface area contributed by atoms with E-state index < -0.39 is 15.9 Å². The van der Waals surface area contributed by atoms with Crippen molar-refractivity contribution >= 4 is 55.7 Å². The highest BCUT2D eigenvalue weighted by molar-refractivity contribution is 9.10. The third-order valence-corrected chi connectivity index (χ3v) is 4.82. The van der Waals surface area contributed by atoms with E-state index >= 15 is 0 Å². The fraction of sp³-hybridized carbons (Fsp3) is 0.462. The molecule has 5 nitrogen and oxygen atoms in total. The van der Waals surface area contributed by atoms with Gasteiger partial charge >= 0.3 is 0 Å². The molecule has 9 heteroatoms. The van der Waals surface area contributed by atoms with Gasteiger partial charge in [0, 0.05) is 22.3 Å².